The number of aliphatic hydroxyl groups is 1. The summed E-state index contributed by atoms with van der Waals surface area (Å²) in [5.74, 6) is 0. The summed E-state index contributed by atoms with van der Waals surface area (Å²) in [4.78, 5) is 0. The predicted octanol–water partition coefficient (Wildman–Crippen LogP) is 4.65. The Morgan fingerprint density at radius 3 is 2.41 bits per heavy atom. The Hall–Kier alpha value is -2.38. The first-order chi connectivity index (χ1) is 10.7. The van der Waals surface area contributed by atoms with Crippen LogP contribution in [0.4, 0.5) is 0 Å². The maximum Gasteiger partial charge on any atom is 0.104 e. The molecule has 3 aromatic carbocycles. The van der Waals surface area contributed by atoms with Gasteiger partial charge in [-0.3, -0.25) is 0 Å². The summed E-state index contributed by atoms with van der Waals surface area (Å²) in [6.07, 6.45) is 0.397. The smallest absolute Gasteiger partial charge is 0.104 e. The van der Waals surface area contributed by atoms with Crippen LogP contribution in [0.1, 0.15) is 33.9 Å². The minimum atomic E-state index is -0.561. The van der Waals surface area contributed by atoms with Crippen LogP contribution < -0.4 is 0 Å². The van der Waals surface area contributed by atoms with E-state index in [1.165, 1.54) is 27.8 Å². The zero-order chi connectivity index (χ0) is 15.1. The van der Waals surface area contributed by atoms with Crippen molar-refractivity contribution in [2.24, 2.45) is 0 Å². The molecule has 0 amide bonds. The van der Waals surface area contributed by atoms with Gasteiger partial charge in [0.15, 0.2) is 0 Å². The normalized spacial score (nSPS) is 13.5. The highest BCUT2D eigenvalue weighted by atomic mass is 16.3. The minimum absolute atomic E-state index is 0.561. The van der Waals surface area contributed by atoms with Crippen molar-refractivity contribution in [3.05, 3.63) is 94.5 Å². The zero-order valence-corrected chi connectivity index (χ0v) is 12.6. The molecule has 1 nitrogen and oxygen atoms in total. The van der Waals surface area contributed by atoms with E-state index >= 15 is 0 Å². The van der Waals surface area contributed by atoms with Gasteiger partial charge in [-0.05, 0) is 46.7 Å². The highest BCUT2D eigenvalue weighted by Crippen LogP contribution is 2.38. The lowest BCUT2D eigenvalue weighted by atomic mass is 9.96. The van der Waals surface area contributed by atoms with Gasteiger partial charge in [0.05, 0.1) is 0 Å². The standard InChI is InChI=1S/C21H18O/c1-14-5-4-7-16(11-14)21(22)17-9-10-20-18(13-17)12-15-6-2-3-8-19(15)20/h2-11,13,21-22H,12H2,1H3. The van der Waals surface area contributed by atoms with Gasteiger partial charge in [-0.25, -0.2) is 0 Å². The number of aryl methyl sites for hydroxylation is 1. The van der Waals surface area contributed by atoms with E-state index in [0.29, 0.717) is 0 Å². The Kier molecular flexibility index (Phi) is 3.09. The van der Waals surface area contributed by atoms with Gasteiger partial charge in [-0.2, -0.15) is 0 Å². The summed E-state index contributed by atoms with van der Waals surface area (Å²) in [6, 6.07) is 23.0. The van der Waals surface area contributed by atoms with Crippen molar-refractivity contribution in [2.45, 2.75) is 19.4 Å². The molecule has 0 spiro atoms. The fourth-order valence-corrected chi connectivity index (χ4v) is 3.37. The van der Waals surface area contributed by atoms with E-state index < -0.39 is 6.10 Å². The second kappa shape index (κ2) is 5.11. The van der Waals surface area contributed by atoms with Gasteiger partial charge in [0, 0.05) is 0 Å². The average Bonchev–Trinajstić information content (AvgIpc) is 2.91. The van der Waals surface area contributed by atoms with Crippen molar-refractivity contribution >= 4 is 0 Å². The van der Waals surface area contributed by atoms with Crippen LogP contribution in [-0.2, 0) is 6.42 Å². The van der Waals surface area contributed by atoms with Crippen LogP contribution in [0.2, 0.25) is 0 Å². The largest absolute Gasteiger partial charge is 0.384 e. The molecule has 1 unspecified atom stereocenters. The van der Waals surface area contributed by atoms with Crippen molar-refractivity contribution in [2.75, 3.05) is 0 Å². The molecule has 0 saturated carbocycles. The molecule has 0 radical (unpaired) electrons. The van der Waals surface area contributed by atoms with Gasteiger partial charge < -0.3 is 5.11 Å². The van der Waals surface area contributed by atoms with Crippen LogP contribution in [0.25, 0.3) is 11.1 Å². The number of hydrogen-bond donors (Lipinski definition) is 1. The summed E-state index contributed by atoms with van der Waals surface area (Å²) >= 11 is 0. The van der Waals surface area contributed by atoms with Crippen LogP contribution in [0.15, 0.2) is 66.7 Å². The maximum absolute atomic E-state index is 10.7. The SMILES string of the molecule is Cc1cccc(C(O)c2ccc3c(c2)Cc2ccccc2-3)c1. The summed E-state index contributed by atoms with van der Waals surface area (Å²) < 4.78 is 0. The molecule has 0 heterocycles. The Bertz CT molecular complexity index is 848. The van der Waals surface area contributed by atoms with Crippen LogP contribution in [0.3, 0.4) is 0 Å². The van der Waals surface area contributed by atoms with Crippen LogP contribution in [0, 0.1) is 6.92 Å². The van der Waals surface area contributed by atoms with Gasteiger partial charge in [-0.15, -0.1) is 0 Å². The van der Waals surface area contributed by atoms with Gasteiger partial charge in [0.2, 0.25) is 0 Å². The summed E-state index contributed by atoms with van der Waals surface area (Å²) in [5.41, 5.74) is 8.41. The lowest BCUT2D eigenvalue weighted by Crippen LogP contribution is -2.00. The number of aliphatic hydroxyl groups excluding tert-OH is 1. The molecule has 1 aliphatic carbocycles. The summed E-state index contributed by atoms with van der Waals surface area (Å²) in [5, 5.41) is 10.7. The zero-order valence-electron chi connectivity index (χ0n) is 12.6. The third-order valence-corrected chi connectivity index (χ3v) is 4.49. The number of benzene rings is 3. The molecule has 0 aromatic heterocycles. The Labute approximate surface area is 130 Å². The molecule has 1 aliphatic rings. The van der Waals surface area contributed by atoms with E-state index in [4.69, 9.17) is 0 Å². The first kappa shape index (κ1) is 13.3. The number of hydrogen-bond acceptors (Lipinski definition) is 1. The molecule has 108 valence electrons. The van der Waals surface area contributed by atoms with Crippen molar-refractivity contribution < 1.29 is 5.11 Å². The minimum Gasteiger partial charge on any atom is -0.384 e. The van der Waals surface area contributed by atoms with E-state index in [9.17, 15) is 5.11 Å². The van der Waals surface area contributed by atoms with E-state index in [1.807, 2.05) is 24.3 Å². The fourth-order valence-electron chi connectivity index (χ4n) is 3.37. The van der Waals surface area contributed by atoms with Crippen LogP contribution in [0.5, 0.6) is 0 Å². The molecule has 0 fully saturated rings. The maximum atomic E-state index is 10.7. The lowest BCUT2D eigenvalue weighted by molar-refractivity contribution is 0.220. The molecular weight excluding hydrogens is 268 g/mol. The second-order valence-electron chi connectivity index (χ2n) is 6.07. The Balaban J connectivity index is 1.73. The Morgan fingerprint density at radius 2 is 1.55 bits per heavy atom. The molecule has 1 heteroatoms. The monoisotopic (exact) mass is 286 g/mol. The summed E-state index contributed by atoms with van der Waals surface area (Å²) in [7, 11) is 0. The van der Waals surface area contributed by atoms with Gasteiger partial charge in [0.25, 0.3) is 0 Å². The average molecular weight is 286 g/mol. The quantitative estimate of drug-likeness (QED) is 0.569. The van der Waals surface area contributed by atoms with E-state index in [-0.39, 0.29) is 0 Å². The van der Waals surface area contributed by atoms with Crippen LogP contribution >= 0.6 is 0 Å². The third kappa shape index (κ3) is 2.15. The van der Waals surface area contributed by atoms with E-state index in [0.717, 1.165) is 17.5 Å². The number of rotatable bonds is 2. The third-order valence-electron chi connectivity index (χ3n) is 4.49. The molecule has 0 aliphatic heterocycles. The fraction of sp³-hybridized carbons (Fsp3) is 0.143. The van der Waals surface area contributed by atoms with E-state index in [1.54, 1.807) is 0 Å². The first-order valence-electron chi connectivity index (χ1n) is 7.68. The van der Waals surface area contributed by atoms with Crippen molar-refractivity contribution in [3.8, 4) is 11.1 Å². The molecular formula is C21H18O. The highest BCUT2D eigenvalue weighted by molar-refractivity contribution is 5.77. The van der Waals surface area contributed by atoms with Crippen molar-refractivity contribution in [1.29, 1.82) is 0 Å². The Morgan fingerprint density at radius 1 is 0.773 bits per heavy atom. The lowest BCUT2D eigenvalue weighted by Gasteiger charge is -2.13. The van der Waals surface area contributed by atoms with E-state index in [2.05, 4.69) is 49.4 Å². The molecule has 0 saturated heterocycles. The second-order valence-corrected chi connectivity index (χ2v) is 6.07. The topological polar surface area (TPSA) is 20.2 Å². The molecule has 22 heavy (non-hydrogen) atoms. The van der Waals surface area contributed by atoms with Crippen molar-refractivity contribution in [3.63, 3.8) is 0 Å². The highest BCUT2D eigenvalue weighted by Gasteiger charge is 2.20. The molecule has 0 bridgehead atoms. The first-order valence-corrected chi connectivity index (χ1v) is 7.68. The molecule has 1 atom stereocenters. The van der Waals surface area contributed by atoms with Gasteiger partial charge in [0.1, 0.15) is 6.10 Å². The molecule has 3 aromatic rings. The molecule has 4 rings (SSSR count). The van der Waals surface area contributed by atoms with Crippen LogP contribution in [-0.4, -0.2) is 5.11 Å². The van der Waals surface area contributed by atoms with Crippen molar-refractivity contribution in [1.82, 2.24) is 0 Å². The van der Waals surface area contributed by atoms with Gasteiger partial charge >= 0.3 is 0 Å². The number of fused-ring (bicyclic) bond motifs is 3. The summed E-state index contributed by atoms with van der Waals surface area (Å²) in [6.45, 7) is 2.05. The predicted molar refractivity (Wildman–Crippen MR) is 89.9 cm³/mol. The van der Waals surface area contributed by atoms with Gasteiger partial charge in [-0.1, -0.05) is 72.3 Å². The molecule has 1 N–H and O–H groups in total.